The highest BCUT2D eigenvalue weighted by atomic mass is 32.2. The maximum Gasteiger partial charge on any atom is 0.328 e. The molecular weight excluding hydrogens is 250 g/mol. The number of benzene rings is 1. The Morgan fingerprint density at radius 2 is 2.22 bits per heavy atom. The van der Waals surface area contributed by atoms with Gasteiger partial charge < -0.3 is 10.4 Å². The number of carbonyl (C=O) groups is 2. The minimum atomic E-state index is -1.01. The van der Waals surface area contributed by atoms with Crippen LogP contribution in [0.2, 0.25) is 0 Å². The van der Waals surface area contributed by atoms with E-state index < -0.39 is 5.97 Å². The Kier molecular flexibility index (Phi) is 6.00. The highest BCUT2D eigenvalue weighted by molar-refractivity contribution is 7.98. The third-order valence-electron chi connectivity index (χ3n) is 2.16. The highest BCUT2D eigenvalue weighted by Gasteiger charge is 2.04. The molecule has 0 aromatic heterocycles. The first-order valence-electron chi connectivity index (χ1n) is 5.41. The van der Waals surface area contributed by atoms with E-state index in [0.29, 0.717) is 17.7 Å². The van der Waals surface area contributed by atoms with Crippen LogP contribution in [0.15, 0.2) is 30.3 Å². The molecule has 0 fully saturated rings. The third-order valence-corrected chi connectivity index (χ3v) is 2.77. The van der Waals surface area contributed by atoms with Crippen molar-refractivity contribution in [1.29, 1.82) is 0 Å². The van der Waals surface area contributed by atoms with Crippen LogP contribution in [0, 0.1) is 0 Å². The van der Waals surface area contributed by atoms with E-state index in [4.69, 9.17) is 5.11 Å². The first-order chi connectivity index (χ1) is 8.63. The van der Waals surface area contributed by atoms with Crippen LogP contribution < -0.4 is 5.32 Å². The van der Waals surface area contributed by atoms with Crippen LogP contribution in [0.3, 0.4) is 0 Å². The SMILES string of the molecule is CSCCNC(=O)c1cccc(C=CC(=O)O)c1. The van der Waals surface area contributed by atoms with E-state index in [1.54, 1.807) is 36.0 Å². The number of aliphatic carboxylic acids is 1. The van der Waals surface area contributed by atoms with Crippen molar-refractivity contribution in [2.45, 2.75) is 0 Å². The third kappa shape index (κ3) is 5.05. The topological polar surface area (TPSA) is 66.4 Å². The van der Waals surface area contributed by atoms with Gasteiger partial charge in [-0.3, -0.25) is 4.79 Å². The maximum atomic E-state index is 11.7. The van der Waals surface area contributed by atoms with Crippen LogP contribution in [-0.4, -0.2) is 35.5 Å². The molecule has 18 heavy (non-hydrogen) atoms. The largest absolute Gasteiger partial charge is 0.478 e. The zero-order chi connectivity index (χ0) is 13.4. The molecule has 2 N–H and O–H groups in total. The molecular formula is C13H15NO3S. The van der Waals surface area contributed by atoms with Gasteiger partial charge in [0.05, 0.1) is 0 Å². The fourth-order valence-corrected chi connectivity index (χ4v) is 1.63. The molecule has 1 rings (SSSR count). The Balaban J connectivity index is 2.69. The normalized spacial score (nSPS) is 10.5. The molecule has 5 heteroatoms. The van der Waals surface area contributed by atoms with Gasteiger partial charge in [0.25, 0.3) is 5.91 Å². The quantitative estimate of drug-likeness (QED) is 0.609. The number of carbonyl (C=O) groups excluding carboxylic acids is 1. The number of hydrogen-bond acceptors (Lipinski definition) is 3. The van der Waals surface area contributed by atoms with Gasteiger partial charge in [0.1, 0.15) is 0 Å². The summed E-state index contributed by atoms with van der Waals surface area (Å²) in [6.45, 7) is 0.620. The van der Waals surface area contributed by atoms with E-state index in [0.717, 1.165) is 11.8 Å². The Labute approximate surface area is 110 Å². The summed E-state index contributed by atoms with van der Waals surface area (Å²) >= 11 is 1.66. The number of amides is 1. The predicted octanol–water partition coefficient (Wildman–Crippen LogP) is 1.88. The standard InChI is InChI=1S/C13H15NO3S/c1-18-8-7-14-13(17)11-4-2-3-10(9-11)5-6-12(15)16/h2-6,9H,7-8H2,1H3,(H,14,17)(H,15,16). The van der Waals surface area contributed by atoms with Gasteiger partial charge in [-0.25, -0.2) is 4.79 Å². The van der Waals surface area contributed by atoms with Crippen molar-refractivity contribution >= 4 is 29.7 Å². The van der Waals surface area contributed by atoms with Crippen molar-refractivity contribution in [3.05, 3.63) is 41.5 Å². The summed E-state index contributed by atoms with van der Waals surface area (Å²) in [5.41, 5.74) is 1.22. The van der Waals surface area contributed by atoms with Crippen LogP contribution in [0.5, 0.6) is 0 Å². The van der Waals surface area contributed by atoms with Crippen LogP contribution >= 0.6 is 11.8 Å². The van der Waals surface area contributed by atoms with Crippen molar-refractivity contribution in [2.75, 3.05) is 18.6 Å². The summed E-state index contributed by atoms with van der Waals surface area (Å²) < 4.78 is 0. The van der Waals surface area contributed by atoms with Gasteiger partial charge in [-0.05, 0) is 30.0 Å². The Morgan fingerprint density at radius 3 is 2.89 bits per heavy atom. The monoisotopic (exact) mass is 265 g/mol. The summed E-state index contributed by atoms with van der Waals surface area (Å²) in [7, 11) is 0. The number of hydrogen-bond donors (Lipinski definition) is 2. The number of carboxylic acids is 1. The molecule has 0 unspecified atom stereocenters. The predicted molar refractivity (Wildman–Crippen MR) is 73.8 cm³/mol. The Morgan fingerprint density at radius 1 is 1.44 bits per heavy atom. The molecule has 0 saturated heterocycles. The fourth-order valence-electron chi connectivity index (χ4n) is 1.32. The van der Waals surface area contributed by atoms with Crippen molar-refractivity contribution in [1.82, 2.24) is 5.32 Å². The van der Waals surface area contributed by atoms with Crippen LogP contribution in [0.25, 0.3) is 6.08 Å². The summed E-state index contributed by atoms with van der Waals surface area (Å²) in [6, 6.07) is 6.84. The average Bonchev–Trinajstić information content (AvgIpc) is 2.37. The first kappa shape index (κ1) is 14.3. The molecule has 0 spiro atoms. The summed E-state index contributed by atoms with van der Waals surface area (Å²) in [4.78, 5) is 22.1. The van der Waals surface area contributed by atoms with E-state index >= 15 is 0 Å². The zero-order valence-corrected chi connectivity index (χ0v) is 10.9. The number of rotatable bonds is 6. The van der Waals surface area contributed by atoms with Gasteiger partial charge >= 0.3 is 5.97 Å². The van der Waals surface area contributed by atoms with Crippen molar-refractivity contribution < 1.29 is 14.7 Å². The molecule has 0 aliphatic heterocycles. The molecule has 0 aliphatic carbocycles. The Bertz CT molecular complexity index is 457. The van der Waals surface area contributed by atoms with Gasteiger partial charge in [-0.1, -0.05) is 12.1 Å². The Hall–Kier alpha value is -1.75. The van der Waals surface area contributed by atoms with Gasteiger partial charge in [-0.2, -0.15) is 11.8 Å². The molecule has 4 nitrogen and oxygen atoms in total. The molecule has 0 saturated carbocycles. The van der Waals surface area contributed by atoms with Gasteiger partial charge in [0.2, 0.25) is 0 Å². The second-order valence-electron chi connectivity index (χ2n) is 3.55. The zero-order valence-electron chi connectivity index (χ0n) is 10.1. The van der Waals surface area contributed by atoms with E-state index in [1.807, 2.05) is 6.26 Å². The molecule has 0 heterocycles. The van der Waals surface area contributed by atoms with Crippen LogP contribution in [0.4, 0.5) is 0 Å². The molecule has 1 aromatic carbocycles. The number of thioether (sulfide) groups is 1. The van der Waals surface area contributed by atoms with Gasteiger partial charge in [-0.15, -0.1) is 0 Å². The second-order valence-corrected chi connectivity index (χ2v) is 4.53. The van der Waals surface area contributed by atoms with Crippen molar-refractivity contribution in [3.63, 3.8) is 0 Å². The molecule has 0 aliphatic rings. The summed E-state index contributed by atoms with van der Waals surface area (Å²) in [6.07, 6.45) is 4.48. The first-order valence-corrected chi connectivity index (χ1v) is 6.81. The van der Waals surface area contributed by atoms with E-state index in [2.05, 4.69) is 5.32 Å². The lowest BCUT2D eigenvalue weighted by Crippen LogP contribution is -2.25. The molecule has 0 atom stereocenters. The van der Waals surface area contributed by atoms with E-state index in [1.165, 1.54) is 6.08 Å². The van der Waals surface area contributed by atoms with E-state index in [-0.39, 0.29) is 5.91 Å². The smallest absolute Gasteiger partial charge is 0.328 e. The summed E-state index contributed by atoms with van der Waals surface area (Å²) in [5.74, 6) is -0.288. The highest BCUT2D eigenvalue weighted by Crippen LogP contribution is 2.07. The van der Waals surface area contributed by atoms with Crippen molar-refractivity contribution in [2.24, 2.45) is 0 Å². The number of nitrogens with one attached hydrogen (secondary N) is 1. The maximum absolute atomic E-state index is 11.7. The minimum absolute atomic E-state index is 0.144. The molecule has 0 bridgehead atoms. The molecule has 96 valence electrons. The van der Waals surface area contributed by atoms with E-state index in [9.17, 15) is 9.59 Å². The molecule has 1 aromatic rings. The molecule has 1 amide bonds. The lowest BCUT2D eigenvalue weighted by Gasteiger charge is -2.04. The van der Waals surface area contributed by atoms with Gasteiger partial charge in [0.15, 0.2) is 0 Å². The van der Waals surface area contributed by atoms with Gasteiger partial charge in [0, 0.05) is 23.9 Å². The van der Waals surface area contributed by atoms with Crippen LogP contribution in [0.1, 0.15) is 15.9 Å². The lowest BCUT2D eigenvalue weighted by molar-refractivity contribution is -0.131. The average molecular weight is 265 g/mol. The molecule has 0 radical (unpaired) electrons. The second kappa shape index (κ2) is 7.55. The van der Waals surface area contributed by atoms with Crippen molar-refractivity contribution in [3.8, 4) is 0 Å². The minimum Gasteiger partial charge on any atom is -0.478 e. The van der Waals surface area contributed by atoms with Crippen LogP contribution in [-0.2, 0) is 4.79 Å². The lowest BCUT2D eigenvalue weighted by atomic mass is 10.1. The fraction of sp³-hybridized carbons (Fsp3) is 0.231. The summed E-state index contributed by atoms with van der Waals surface area (Å²) in [5, 5.41) is 11.3. The number of carboxylic acid groups (broad SMARTS) is 1.